The minimum absolute atomic E-state index is 0.0233. The lowest BCUT2D eigenvalue weighted by molar-refractivity contribution is 0.300. The van der Waals surface area contributed by atoms with Crippen molar-refractivity contribution < 1.29 is 0 Å². The molecule has 0 aliphatic rings. The van der Waals surface area contributed by atoms with Crippen molar-refractivity contribution in [2.75, 3.05) is 6.54 Å². The van der Waals surface area contributed by atoms with Gasteiger partial charge in [-0.2, -0.15) is 0 Å². The molecule has 4 N–H and O–H groups in total. The molecule has 0 saturated carbocycles. The summed E-state index contributed by atoms with van der Waals surface area (Å²) in [4.78, 5) is 0. The van der Waals surface area contributed by atoms with Crippen molar-refractivity contribution in [3.05, 3.63) is 34.9 Å². The molecule has 0 heterocycles. The van der Waals surface area contributed by atoms with Gasteiger partial charge in [0.25, 0.3) is 0 Å². The minimum Gasteiger partial charge on any atom is -0.330 e. The van der Waals surface area contributed by atoms with E-state index in [1.807, 2.05) is 0 Å². The molecule has 0 fully saturated rings. The van der Waals surface area contributed by atoms with Gasteiger partial charge in [0.05, 0.1) is 0 Å². The summed E-state index contributed by atoms with van der Waals surface area (Å²) in [6.07, 6.45) is 0. The zero-order valence-corrected chi connectivity index (χ0v) is 12.7. The predicted octanol–water partition coefficient (Wildman–Crippen LogP) is 3.28. The van der Waals surface area contributed by atoms with E-state index in [0.29, 0.717) is 6.54 Å². The molecule has 0 aliphatic heterocycles. The molecule has 0 amide bonds. The van der Waals surface area contributed by atoms with Crippen LogP contribution in [0.3, 0.4) is 0 Å². The van der Waals surface area contributed by atoms with Crippen LogP contribution in [0.15, 0.2) is 18.2 Å². The zero-order valence-electron chi connectivity index (χ0n) is 12.7. The van der Waals surface area contributed by atoms with E-state index in [4.69, 9.17) is 11.5 Å². The SMILES string of the molecule is Cc1ccc(C(C)(C)C)cc1C(N)C(C)(C)CN. The van der Waals surface area contributed by atoms with Crippen molar-refractivity contribution in [1.82, 2.24) is 0 Å². The van der Waals surface area contributed by atoms with Crippen molar-refractivity contribution in [3.63, 3.8) is 0 Å². The number of hydrogen-bond donors (Lipinski definition) is 2. The molecule has 0 bridgehead atoms. The number of rotatable bonds is 3. The summed E-state index contributed by atoms with van der Waals surface area (Å²) in [5.74, 6) is 0. The van der Waals surface area contributed by atoms with Gasteiger partial charge in [-0.05, 0) is 41.0 Å². The first kappa shape index (κ1) is 15.2. The quantitative estimate of drug-likeness (QED) is 0.862. The monoisotopic (exact) mass is 248 g/mol. The van der Waals surface area contributed by atoms with Gasteiger partial charge in [0.2, 0.25) is 0 Å². The van der Waals surface area contributed by atoms with Crippen LogP contribution in [0.1, 0.15) is 57.4 Å². The summed E-state index contributed by atoms with van der Waals surface area (Å²) in [6.45, 7) is 13.6. The van der Waals surface area contributed by atoms with E-state index in [2.05, 4.69) is 59.7 Å². The Hall–Kier alpha value is -0.860. The first-order valence-electron chi connectivity index (χ1n) is 6.66. The fourth-order valence-electron chi connectivity index (χ4n) is 1.99. The fraction of sp³-hybridized carbons (Fsp3) is 0.625. The molecule has 1 aromatic rings. The van der Waals surface area contributed by atoms with E-state index >= 15 is 0 Å². The van der Waals surface area contributed by atoms with E-state index < -0.39 is 0 Å². The Morgan fingerprint density at radius 3 is 2.11 bits per heavy atom. The molecule has 102 valence electrons. The number of benzene rings is 1. The van der Waals surface area contributed by atoms with E-state index in [-0.39, 0.29) is 16.9 Å². The van der Waals surface area contributed by atoms with Crippen LogP contribution in [0, 0.1) is 12.3 Å². The molecule has 2 heteroatoms. The van der Waals surface area contributed by atoms with Crippen molar-refractivity contribution in [1.29, 1.82) is 0 Å². The van der Waals surface area contributed by atoms with Gasteiger partial charge in [-0.15, -0.1) is 0 Å². The van der Waals surface area contributed by atoms with Gasteiger partial charge in [-0.1, -0.05) is 52.8 Å². The van der Waals surface area contributed by atoms with Gasteiger partial charge in [0.15, 0.2) is 0 Å². The van der Waals surface area contributed by atoms with Crippen molar-refractivity contribution in [3.8, 4) is 0 Å². The molecular weight excluding hydrogens is 220 g/mol. The Labute approximate surface area is 112 Å². The van der Waals surface area contributed by atoms with Gasteiger partial charge < -0.3 is 11.5 Å². The molecule has 1 rings (SSSR count). The third kappa shape index (κ3) is 3.12. The molecule has 0 spiro atoms. The molecule has 2 nitrogen and oxygen atoms in total. The lowest BCUT2D eigenvalue weighted by atomic mass is 9.77. The fourth-order valence-corrected chi connectivity index (χ4v) is 1.99. The van der Waals surface area contributed by atoms with E-state index in [0.717, 1.165) is 0 Å². The highest BCUT2D eigenvalue weighted by Gasteiger charge is 2.28. The van der Waals surface area contributed by atoms with Crippen LogP contribution in [0.4, 0.5) is 0 Å². The van der Waals surface area contributed by atoms with Gasteiger partial charge in [0.1, 0.15) is 0 Å². The van der Waals surface area contributed by atoms with Crippen LogP contribution in [0.2, 0.25) is 0 Å². The van der Waals surface area contributed by atoms with Crippen LogP contribution in [0.25, 0.3) is 0 Å². The average molecular weight is 248 g/mol. The second kappa shape index (κ2) is 5.02. The Kier molecular flexibility index (Phi) is 4.24. The molecule has 0 radical (unpaired) electrons. The molecule has 0 aromatic heterocycles. The second-order valence-corrected chi connectivity index (χ2v) is 6.99. The van der Waals surface area contributed by atoms with Crippen molar-refractivity contribution >= 4 is 0 Å². The normalized spacial score (nSPS) is 14.7. The van der Waals surface area contributed by atoms with Crippen LogP contribution < -0.4 is 11.5 Å². The first-order valence-corrected chi connectivity index (χ1v) is 6.66. The van der Waals surface area contributed by atoms with Crippen LogP contribution >= 0.6 is 0 Å². The minimum atomic E-state index is -0.0821. The zero-order chi connectivity index (χ0) is 14.1. The summed E-state index contributed by atoms with van der Waals surface area (Å²) in [7, 11) is 0. The van der Waals surface area contributed by atoms with Gasteiger partial charge in [-0.25, -0.2) is 0 Å². The third-order valence-electron chi connectivity index (χ3n) is 3.85. The Morgan fingerprint density at radius 1 is 1.11 bits per heavy atom. The summed E-state index contributed by atoms with van der Waals surface area (Å²) in [5, 5.41) is 0. The maximum absolute atomic E-state index is 6.42. The molecule has 0 aliphatic carbocycles. The second-order valence-electron chi connectivity index (χ2n) is 6.99. The van der Waals surface area contributed by atoms with E-state index in [1.165, 1.54) is 16.7 Å². The van der Waals surface area contributed by atoms with Gasteiger partial charge >= 0.3 is 0 Å². The highest BCUT2D eigenvalue weighted by molar-refractivity contribution is 5.37. The topological polar surface area (TPSA) is 52.0 Å². The standard InChI is InChI=1S/C16H28N2/c1-11-7-8-12(15(2,3)4)9-13(11)14(18)16(5,6)10-17/h7-9,14H,10,17-18H2,1-6H3. The largest absolute Gasteiger partial charge is 0.330 e. The summed E-state index contributed by atoms with van der Waals surface area (Å²) in [5.41, 5.74) is 16.1. The van der Waals surface area contributed by atoms with E-state index in [9.17, 15) is 0 Å². The van der Waals surface area contributed by atoms with Gasteiger partial charge in [-0.3, -0.25) is 0 Å². The predicted molar refractivity (Wildman–Crippen MR) is 79.6 cm³/mol. The van der Waals surface area contributed by atoms with E-state index in [1.54, 1.807) is 0 Å². The van der Waals surface area contributed by atoms with Crippen LogP contribution in [-0.4, -0.2) is 6.54 Å². The van der Waals surface area contributed by atoms with Crippen molar-refractivity contribution in [2.45, 2.75) is 53.0 Å². The Balaban J connectivity index is 3.24. The number of hydrogen-bond acceptors (Lipinski definition) is 2. The molecule has 0 saturated heterocycles. The summed E-state index contributed by atoms with van der Waals surface area (Å²) in [6, 6.07) is 6.59. The first-order chi connectivity index (χ1) is 8.09. The summed E-state index contributed by atoms with van der Waals surface area (Å²) >= 11 is 0. The molecular formula is C16H28N2. The third-order valence-corrected chi connectivity index (χ3v) is 3.85. The van der Waals surface area contributed by atoms with Crippen LogP contribution in [0.5, 0.6) is 0 Å². The lowest BCUT2D eigenvalue weighted by Crippen LogP contribution is -2.36. The highest BCUT2D eigenvalue weighted by Crippen LogP contribution is 2.34. The summed E-state index contributed by atoms with van der Waals surface area (Å²) < 4.78 is 0. The maximum Gasteiger partial charge on any atom is 0.0361 e. The highest BCUT2D eigenvalue weighted by atomic mass is 14.7. The Bertz CT molecular complexity index is 414. The number of aryl methyl sites for hydroxylation is 1. The molecule has 1 aromatic carbocycles. The van der Waals surface area contributed by atoms with Crippen LogP contribution in [-0.2, 0) is 5.41 Å². The molecule has 18 heavy (non-hydrogen) atoms. The lowest BCUT2D eigenvalue weighted by Gasteiger charge is -2.32. The molecule has 1 unspecified atom stereocenters. The smallest absolute Gasteiger partial charge is 0.0361 e. The average Bonchev–Trinajstić information content (AvgIpc) is 2.27. The molecule has 1 atom stereocenters. The van der Waals surface area contributed by atoms with Crippen molar-refractivity contribution in [2.24, 2.45) is 16.9 Å². The number of nitrogens with two attached hydrogens (primary N) is 2. The Morgan fingerprint density at radius 2 is 1.67 bits per heavy atom. The van der Waals surface area contributed by atoms with Gasteiger partial charge in [0, 0.05) is 6.04 Å². The maximum atomic E-state index is 6.42.